The standard InChI is InChI=1S/C20H29N3O4S/c1-13(2)11-22-6-8-23(9-7-22)19(25)21-17-16(18(24)26-5)14-10-20(3,4)27-12-15(14)28-17/h1,6-12H2,2-5H3,(H,21,25). The highest BCUT2D eigenvalue weighted by Gasteiger charge is 2.34. The van der Waals surface area contributed by atoms with E-state index >= 15 is 0 Å². The Kier molecular flexibility index (Phi) is 6.12. The Balaban J connectivity index is 1.74. The lowest BCUT2D eigenvalue weighted by Crippen LogP contribution is -2.50. The summed E-state index contributed by atoms with van der Waals surface area (Å²) in [6.07, 6.45) is 0.610. The second-order valence-electron chi connectivity index (χ2n) is 8.08. The fourth-order valence-corrected chi connectivity index (χ4v) is 4.74. The fourth-order valence-electron chi connectivity index (χ4n) is 3.63. The Hall–Kier alpha value is -1.90. The molecule has 8 heteroatoms. The third-order valence-electron chi connectivity index (χ3n) is 5.05. The molecule has 3 heterocycles. The maximum atomic E-state index is 12.8. The maximum absolute atomic E-state index is 12.8. The highest BCUT2D eigenvalue weighted by atomic mass is 32.1. The van der Waals surface area contributed by atoms with Gasteiger partial charge in [-0.15, -0.1) is 11.3 Å². The second kappa shape index (κ2) is 8.23. The number of piperazine rings is 1. The van der Waals surface area contributed by atoms with Gasteiger partial charge in [-0.2, -0.15) is 0 Å². The zero-order valence-corrected chi connectivity index (χ0v) is 17.9. The number of anilines is 1. The smallest absolute Gasteiger partial charge is 0.341 e. The predicted octanol–water partition coefficient (Wildman–Crippen LogP) is 3.11. The van der Waals surface area contributed by atoms with Crippen molar-refractivity contribution in [2.24, 2.45) is 0 Å². The molecule has 1 fully saturated rings. The molecule has 154 valence electrons. The van der Waals surface area contributed by atoms with Crippen molar-refractivity contribution in [1.82, 2.24) is 9.80 Å². The first-order valence-corrected chi connectivity index (χ1v) is 10.3. The highest BCUT2D eigenvalue weighted by Crippen LogP contribution is 2.40. The van der Waals surface area contributed by atoms with Crippen LogP contribution in [0.4, 0.5) is 9.80 Å². The first-order valence-electron chi connectivity index (χ1n) is 9.49. The van der Waals surface area contributed by atoms with Gasteiger partial charge < -0.3 is 14.4 Å². The third kappa shape index (κ3) is 4.56. The lowest BCUT2D eigenvalue weighted by molar-refractivity contribution is -0.0384. The molecule has 0 atom stereocenters. The van der Waals surface area contributed by atoms with Crippen LogP contribution in [-0.2, 0) is 22.5 Å². The average molecular weight is 408 g/mol. The topological polar surface area (TPSA) is 71.1 Å². The SMILES string of the molecule is C=C(C)CN1CCN(C(=O)Nc2sc3c(c2C(=O)OC)CC(C)(C)OC3)CC1. The molecular weight excluding hydrogens is 378 g/mol. The Morgan fingerprint density at radius 1 is 1.29 bits per heavy atom. The first-order chi connectivity index (χ1) is 13.2. The summed E-state index contributed by atoms with van der Waals surface area (Å²) in [5.41, 5.74) is 2.16. The molecule has 1 N–H and O–H groups in total. The summed E-state index contributed by atoms with van der Waals surface area (Å²) in [4.78, 5) is 30.3. The van der Waals surface area contributed by atoms with Gasteiger partial charge in [0.25, 0.3) is 0 Å². The van der Waals surface area contributed by atoms with E-state index in [9.17, 15) is 9.59 Å². The number of rotatable bonds is 4. The monoisotopic (exact) mass is 407 g/mol. The van der Waals surface area contributed by atoms with Crippen LogP contribution in [0.1, 0.15) is 41.6 Å². The quantitative estimate of drug-likeness (QED) is 0.613. The minimum Gasteiger partial charge on any atom is -0.465 e. The molecule has 1 saturated heterocycles. The fraction of sp³-hybridized carbons (Fsp3) is 0.600. The summed E-state index contributed by atoms with van der Waals surface area (Å²) < 4.78 is 10.9. The van der Waals surface area contributed by atoms with Crippen LogP contribution in [0, 0.1) is 0 Å². The summed E-state index contributed by atoms with van der Waals surface area (Å²) in [6.45, 7) is 14.2. The molecule has 7 nitrogen and oxygen atoms in total. The number of ether oxygens (including phenoxy) is 2. The number of urea groups is 1. The Labute approximate surface area is 170 Å². The van der Waals surface area contributed by atoms with E-state index in [4.69, 9.17) is 9.47 Å². The molecular formula is C20H29N3O4S. The Morgan fingerprint density at radius 2 is 1.96 bits per heavy atom. The number of amides is 2. The average Bonchev–Trinajstić information content (AvgIpc) is 2.97. The number of carbonyl (C=O) groups excluding carboxylic acids is 2. The number of fused-ring (bicyclic) bond motifs is 1. The molecule has 3 rings (SSSR count). The number of hydrogen-bond donors (Lipinski definition) is 1. The van der Waals surface area contributed by atoms with Crippen molar-refractivity contribution >= 4 is 28.3 Å². The van der Waals surface area contributed by atoms with E-state index in [-0.39, 0.29) is 11.6 Å². The number of hydrogen-bond acceptors (Lipinski definition) is 6. The number of nitrogens with one attached hydrogen (secondary N) is 1. The number of nitrogens with zero attached hydrogens (tertiary/aromatic N) is 2. The van der Waals surface area contributed by atoms with E-state index < -0.39 is 5.97 Å². The van der Waals surface area contributed by atoms with Crippen molar-refractivity contribution in [3.8, 4) is 0 Å². The summed E-state index contributed by atoms with van der Waals surface area (Å²) >= 11 is 1.40. The Bertz CT molecular complexity index is 779. The highest BCUT2D eigenvalue weighted by molar-refractivity contribution is 7.17. The van der Waals surface area contributed by atoms with Gasteiger partial charge in [-0.1, -0.05) is 12.2 Å². The van der Waals surface area contributed by atoms with Crippen molar-refractivity contribution in [3.05, 3.63) is 28.2 Å². The molecule has 0 aromatic carbocycles. The van der Waals surface area contributed by atoms with Crippen LogP contribution < -0.4 is 5.32 Å². The summed E-state index contributed by atoms with van der Waals surface area (Å²) in [6, 6.07) is -0.182. The molecule has 0 saturated carbocycles. The molecule has 1 aromatic heterocycles. The van der Waals surface area contributed by atoms with Crippen LogP contribution in [0.2, 0.25) is 0 Å². The van der Waals surface area contributed by atoms with Crippen LogP contribution in [0.25, 0.3) is 0 Å². The van der Waals surface area contributed by atoms with Crippen molar-refractivity contribution in [2.75, 3.05) is 45.2 Å². The van der Waals surface area contributed by atoms with E-state index in [0.29, 0.717) is 36.7 Å². The summed E-state index contributed by atoms with van der Waals surface area (Å²) in [7, 11) is 1.36. The van der Waals surface area contributed by atoms with Gasteiger partial charge in [0.05, 0.1) is 24.9 Å². The molecule has 0 bridgehead atoms. The normalized spacial score (nSPS) is 19.1. The molecule has 2 aliphatic heterocycles. The van der Waals surface area contributed by atoms with E-state index in [1.165, 1.54) is 18.4 Å². The van der Waals surface area contributed by atoms with Crippen LogP contribution in [-0.4, -0.2) is 67.2 Å². The lowest BCUT2D eigenvalue weighted by Gasteiger charge is -2.34. The van der Waals surface area contributed by atoms with E-state index in [2.05, 4.69) is 16.8 Å². The van der Waals surface area contributed by atoms with Crippen LogP contribution in [0.3, 0.4) is 0 Å². The van der Waals surface area contributed by atoms with Gasteiger partial charge in [0, 0.05) is 44.0 Å². The lowest BCUT2D eigenvalue weighted by atomic mass is 9.93. The van der Waals surface area contributed by atoms with Crippen LogP contribution in [0.15, 0.2) is 12.2 Å². The van der Waals surface area contributed by atoms with E-state index in [0.717, 1.165) is 35.6 Å². The third-order valence-corrected chi connectivity index (χ3v) is 6.17. The largest absolute Gasteiger partial charge is 0.465 e. The molecule has 28 heavy (non-hydrogen) atoms. The number of carbonyl (C=O) groups is 2. The van der Waals surface area contributed by atoms with Crippen LogP contribution >= 0.6 is 11.3 Å². The first kappa shape index (κ1) is 20.8. The van der Waals surface area contributed by atoms with Gasteiger partial charge in [-0.3, -0.25) is 10.2 Å². The van der Waals surface area contributed by atoms with Crippen molar-refractivity contribution in [1.29, 1.82) is 0 Å². The Morgan fingerprint density at radius 3 is 2.57 bits per heavy atom. The van der Waals surface area contributed by atoms with Crippen molar-refractivity contribution in [3.63, 3.8) is 0 Å². The van der Waals surface area contributed by atoms with Crippen molar-refractivity contribution < 1.29 is 19.1 Å². The minimum atomic E-state index is -0.420. The molecule has 0 radical (unpaired) electrons. The van der Waals surface area contributed by atoms with Gasteiger partial charge in [-0.25, -0.2) is 9.59 Å². The molecule has 0 aliphatic carbocycles. The zero-order chi connectivity index (χ0) is 20.5. The number of thiophene rings is 1. The van der Waals surface area contributed by atoms with Crippen LogP contribution in [0.5, 0.6) is 0 Å². The van der Waals surface area contributed by atoms with E-state index in [1.54, 1.807) is 4.90 Å². The van der Waals surface area contributed by atoms with Gasteiger partial charge in [0.2, 0.25) is 0 Å². The molecule has 0 unspecified atom stereocenters. The zero-order valence-electron chi connectivity index (χ0n) is 17.1. The predicted molar refractivity (Wildman–Crippen MR) is 110 cm³/mol. The van der Waals surface area contributed by atoms with Gasteiger partial charge >= 0.3 is 12.0 Å². The molecule has 2 amide bonds. The number of methoxy groups -OCH3 is 1. The summed E-state index contributed by atoms with van der Waals surface area (Å²) in [5, 5.41) is 3.50. The minimum absolute atomic E-state index is 0.182. The second-order valence-corrected chi connectivity index (χ2v) is 9.18. The molecule has 0 spiro atoms. The molecule has 2 aliphatic rings. The van der Waals surface area contributed by atoms with Gasteiger partial charge in [0.15, 0.2) is 0 Å². The summed E-state index contributed by atoms with van der Waals surface area (Å²) in [5.74, 6) is -0.420. The van der Waals surface area contributed by atoms with E-state index in [1.807, 2.05) is 20.8 Å². The van der Waals surface area contributed by atoms with Crippen molar-refractivity contribution in [2.45, 2.75) is 39.4 Å². The van der Waals surface area contributed by atoms with Gasteiger partial charge in [-0.05, 0) is 26.3 Å². The van der Waals surface area contributed by atoms with Gasteiger partial charge in [0.1, 0.15) is 5.00 Å². The maximum Gasteiger partial charge on any atom is 0.341 e. The number of esters is 1. The molecule has 1 aromatic rings.